The molecule has 0 aliphatic carbocycles. The highest BCUT2D eigenvalue weighted by Gasteiger charge is 2.13. The molecule has 1 aliphatic heterocycles. The lowest BCUT2D eigenvalue weighted by Crippen LogP contribution is -2.31. The van der Waals surface area contributed by atoms with E-state index in [1.807, 2.05) is 18.2 Å². The third-order valence-electron chi connectivity index (χ3n) is 4.70. The quantitative estimate of drug-likeness (QED) is 0.397. The molecule has 1 aromatic heterocycles. The molecular formula is C22H23N5O3S. The number of aromatic nitrogens is 1. The largest absolute Gasteiger partial charge is 0.409 e. The lowest BCUT2D eigenvalue weighted by Gasteiger charge is -2.23. The van der Waals surface area contributed by atoms with Crippen molar-refractivity contribution in [2.45, 2.75) is 0 Å². The molecule has 8 nitrogen and oxygen atoms in total. The fraction of sp³-hybridized carbons (Fsp3) is 0.182. The van der Waals surface area contributed by atoms with Gasteiger partial charge in [-0.05, 0) is 48.5 Å². The molecule has 1 saturated heterocycles. The van der Waals surface area contributed by atoms with E-state index in [4.69, 9.17) is 20.4 Å². The van der Waals surface area contributed by atoms with Crippen LogP contribution in [-0.4, -0.2) is 41.5 Å². The molecule has 1 amide bonds. The van der Waals surface area contributed by atoms with Crippen molar-refractivity contribution in [3.8, 4) is 17.0 Å². The van der Waals surface area contributed by atoms with Gasteiger partial charge in [0.15, 0.2) is 0 Å². The number of amides is 1. The van der Waals surface area contributed by atoms with Crippen molar-refractivity contribution < 1.29 is 13.7 Å². The molecule has 160 valence electrons. The topological polar surface area (TPSA) is 116 Å². The molecule has 2 heterocycles. The second kappa shape index (κ2) is 9.69. The van der Waals surface area contributed by atoms with Crippen molar-refractivity contribution in [1.29, 1.82) is 0 Å². The average Bonchev–Trinajstić information content (AvgIpc) is 2.81. The highest BCUT2D eigenvalue weighted by molar-refractivity contribution is 7.92. The number of nitrogens with two attached hydrogens (primary N) is 2. The Kier molecular flexibility index (Phi) is 6.56. The Labute approximate surface area is 184 Å². The number of nitrogens with zero attached hydrogens (tertiary/aromatic N) is 2. The Morgan fingerprint density at radius 2 is 1.84 bits per heavy atom. The number of nitrogens with one attached hydrogen (secondary N) is 1. The number of hydrogen-bond acceptors (Lipinski definition) is 8. The number of rotatable bonds is 6. The minimum atomic E-state index is -0.221. The molecule has 0 saturated carbocycles. The van der Waals surface area contributed by atoms with E-state index in [1.54, 1.807) is 42.5 Å². The van der Waals surface area contributed by atoms with Gasteiger partial charge in [0, 0.05) is 29.9 Å². The number of carbonyl (C=O) groups excluding carboxylic acids is 1. The van der Waals surface area contributed by atoms with E-state index in [-0.39, 0.29) is 11.7 Å². The minimum absolute atomic E-state index is 0.221. The monoisotopic (exact) mass is 437 g/mol. The molecule has 31 heavy (non-hydrogen) atoms. The first kappa shape index (κ1) is 21.0. The Bertz CT molecular complexity index is 1060. The molecule has 0 atom stereocenters. The Morgan fingerprint density at radius 1 is 1.06 bits per heavy atom. The first-order valence-electron chi connectivity index (χ1n) is 9.80. The Balaban J connectivity index is 1.38. The van der Waals surface area contributed by atoms with Crippen LogP contribution in [0.5, 0.6) is 5.75 Å². The number of nitrogen functional groups attached to an aromatic ring is 2. The van der Waals surface area contributed by atoms with Crippen LogP contribution in [0.25, 0.3) is 11.3 Å². The third kappa shape index (κ3) is 5.46. The van der Waals surface area contributed by atoms with Crippen LogP contribution in [0.2, 0.25) is 0 Å². The van der Waals surface area contributed by atoms with E-state index < -0.39 is 0 Å². The van der Waals surface area contributed by atoms with Gasteiger partial charge in [0.2, 0.25) is 0 Å². The van der Waals surface area contributed by atoms with Gasteiger partial charge in [-0.15, -0.1) is 0 Å². The average molecular weight is 438 g/mol. The fourth-order valence-electron chi connectivity index (χ4n) is 2.98. The van der Waals surface area contributed by atoms with E-state index in [0.717, 1.165) is 18.7 Å². The summed E-state index contributed by atoms with van der Waals surface area (Å²) in [6.45, 7) is 3.08. The zero-order valence-corrected chi connectivity index (χ0v) is 17.6. The Hall–Kier alpha value is -3.27. The van der Waals surface area contributed by atoms with Gasteiger partial charge in [-0.25, -0.2) is 9.29 Å². The molecule has 0 bridgehead atoms. The maximum Gasteiger partial charge on any atom is 0.255 e. The second-order valence-corrected chi connectivity index (χ2v) is 7.76. The van der Waals surface area contributed by atoms with Crippen LogP contribution in [0, 0.1) is 0 Å². The summed E-state index contributed by atoms with van der Waals surface area (Å²) in [5.41, 5.74) is 14.6. The van der Waals surface area contributed by atoms with E-state index in [0.29, 0.717) is 41.6 Å². The smallest absolute Gasteiger partial charge is 0.255 e. The van der Waals surface area contributed by atoms with E-state index in [9.17, 15) is 4.79 Å². The maximum atomic E-state index is 12.7. The zero-order valence-electron chi connectivity index (χ0n) is 16.8. The number of pyridine rings is 1. The van der Waals surface area contributed by atoms with Crippen LogP contribution in [0.4, 0.5) is 17.2 Å². The molecule has 0 unspecified atom stereocenters. The van der Waals surface area contributed by atoms with Crippen molar-refractivity contribution in [1.82, 2.24) is 9.29 Å². The minimum Gasteiger partial charge on any atom is -0.409 e. The van der Waals surface area contributed by atoms with Crippen molar-refractivity contribution in [2.24, 2.45) is 0 Å². The summed E-state index contributed by atoms with van der Waals surface area (Å²) in [5.74, 6) is 0.756. The number of benzene rings is 2. The van der Waals surface area contributed by atoms with Crippen LogP contribution in [0.15, 0.2) is 60.7 Å². The predicted octanol–water partition coefficient (Wildman–Crippen LogP) is 3.44. The molecule has 1 fully saturated rings. The number of carbonyl (C=O) groups is 1. The van der Waals surface area contributed by atoms with Gasteiger partial charge in [-0.1, -0.05) is 12.1 Å². The SMILES string of the molecule is Nc1ccc(-c2cccc(C(=O)Nc3ccc(OSN4CCOCC4)cc3)c2)nc1N. The molecule has 0 radical (unpaired) electrons. The van der Waals surface area contributed by atoms with Crippen molar-refractivity contribution in [3.05, 3.63) is 66.2 Å². The van der Waals surface area contributed by atoms with Gasteiger partial charge in [-0.2, -0.15) is 0 Å². The van der Waals surface area contributed by atoms with Crippen LogP contribution in [0.3, 0.4) is 0 Å². The maximum absolute atomic E-state index is 12.7. The van der Waals surface area contributed by atoms with Crippen LogP contribution >= 0.6 is 12.2 Å². The molecule has 9 heteroatoms. The first-order valence-corrected chi connectivity index (χ1v) is 10.5. The predicted molar refractivity (Wildman–Crippen MR) is 124 cm³/mol. The summed E-state index contributed by atoms with van der Waals surface area (Å²) in [6, 6.07) is 17.9. The molecule has 3 aromatic rings. The van der Waals surface area contributed by atoms with Crippen LogP contribution in [0.1, 0.15) is 10.4 Å². The molecule has 0 spiro atoms. The molecule has 5 N–H and O–H groups in total. The van der Waals surface area contributed by atoms with Crippen LogP contribution in [-0.2, 0) is 4.74 Å². The summed E-state index contributed by atoms with van der Waals surface area (Å²) in [6.07, 6.45) is 0. The van der Waals surface area contributed by atoms with E-state index in [1.165, 1.54) is 12.2 Å². The zero-order chi connectivity index (χ0) is 21.6. The summed E-state index contributed by atoms with van der Waals surface area (Å²) >= 11 is 1.31. The molecule has 2 aromatic carbocycles. The van der Waals surface area contributed by atoms with E-state index in [2.05, 4.69) is 14.6 Å². The van der Waals surface area contributed by atoms with Gasteiger partial charge < -0.3 is 25.7 Å². The lowest BCUT2D eigenvalue weighted by molar-refractivity contribution is 0.0756. The summed E-state index contributed by atoms with van der Waals surface area (Å²) in [4.78, 5) is 17.0. The third-order valence-corrected chi connectivity index (χ3v) is 5.54. The molecule has 1 aliphatic rings. The number of hydrogen-bond donors (Lipinski definition) is 3. The second-order valence-electron chi connectivity index (χ2n) is 6.93. The van der Waals surface area contributed by atoms with Crippen LogP contribution < -0.4 is 21.0 Å². The van der Waals surface area contributed by atoms with Gasteiger partial charge in [0.1, 0.15) is 23.8 Å². The van der Waals surface area contributed by atoms with Gasteiger partial charge >= 0.3 is 0 Å². The van der Waals surface area contributed by atoms with Crippen molar-refractivity contribution in [2.75, 3.05) is 43.1 Å². The first-order chi connectivity index (χ1) is 15.1. The summed E-state index contributed by atoms with van der Waals surface area (Å²) in [7, 11) is 0. The highest BCUT2D eigenvalue weighted by Crippen LogP contribution is 2.24. The number of ether oxygens (including phenoxy) is 1. The van der Waals surface area contributed by atoms with E-state index >= 15 is 0 Å². The van der Waals surface area contributed by atoms with Crippen molar-refractivity contribution in [3.63, 3.8) is 0 Å². The van der Waals surface area contributed by atoms with Gasteiger partial charge in [0.05, 0.1) is 24.6 Å². The van der Waals surface area contributed by atoms with Gasteiger partial charge in [0.25, 0.3) is 5.91 Å². The fourth-order valence-corrected chi connectivity index (χ4v) is 3.58. The molecule has 4 rings (SSSR count). The highest BCUT2D eigenvalue weighted by atomic mass is 32.2. The standard InChI is InChI=1S/C22H23N5O3S/c23-19-8-9-20(26-21(19)24)15-2-1-3-16(14-15)22(28)25-17-4-6-18(7-5-17)30-31-27-10-12-29-13-11-27/h1-9,14H,10-13,23H2,(H2,24,26)(H,25,28). The molecular weight excluding hydrogens is 414 g/mol. The number of anilines is 3. The van der Waals surface area contributed by atoms with Gasteiger partial charge in [-0.3, -0.25) is 4.79 Å². The summed E-state index contributed by atoms with van der Waals surface area (Å²) in [5, 5.41) is 2.90. The Morgan fingerprint density at radius 3 is 2.58 bits per heavy atom. The number of morpholine rings is 1. The summed E-state index contributed by atoms with van der Waals surface area (Å²) < 4.78 is 13.1. The lowest BCUT2D eigenvalue weighted by atomic mass is 10.1. The normalized spacial score (nSPS) is 14.2. The van der Waals surface area contributed by atoms with Crippen molar-refractivity contribution >= 4 is 35.3 Å².